The van der Waals surface area contributed by atoms with E-state index in [1.807, 2.05) is 41.5 Å². The molecular formula is C41H74O8. The summed E-state index contributed by atoms with van der Waals surface area (Å²) in [5.74, 6) is -0.427. The number of ether oxygens (including phenoxy) is 4. The van der Waals surface area contributed by atoms with Gasteiger partial charge in [0.15, 0.2) is 0 Å². The molecule has 4 aliphatic carbocycles. The molecule has 0 aromatic rings. The average Bonchev–Trinajstić information content (AvgIpc) is 2.78. The van der Waals surface area contributed by atoms with E-state index in [0.717, 1.165) is 0 Å². The fraction of sp³-hybridized carbons (Fsp3) is 0.927. The molecule has 0 unspecified atom stereocenters. The molecule has 8 heteroatoms. The van der Waals surface area contributed by atoms with Crippen LogP contribution in [0.3, 0.4) is 0 Å². The number of carbonyl (C=O) groups is 1. The van der Waals surface area contributed by atoms with Gasteiger partial charge >= 0.3 is 5.97 Å². The molecule has 4 rings (SSSR count). The second kappa shape index (κ2) is 11.5. The summed E-state index contributed by atoms with van der Waals surface area (Å²) in [5.41, 5.74) is -11.0. The van der Waals surface area contributed by atoms with Crippen LogP contribution in [-0.2, 0) is 23.7 Å². The van der Waals surface area contributed by atoms with Gasteiger partial charge in [-0.1, -0.05) is 6.58 Å². The Morgan fingerprint density at radius 2 is 0.714 bits per heavy atom. The van der Waals surface area contributed by atoms with E-state index in [-0.39, 0.29) is 0 Å². The standard InChI is InChI=1S/C41H74O8/c1-27(2)28(42)46-41-24-38(35(15,16)47-32(9,10)29(3,4)43)21-39(25-41,36(17,18)48-33(11,12)30(5,6)44)23-40(22-38,26-41)37(19,20)49-34(13,14)31(7,8)45/h43-45H,1,21-26H2,2-20H3. The molecule has 4 bridgehead atoms. The number of esters is 1. The molecule has 0 heterocycles. The van der Waals surface area contributed by atoms with Gasteiger partial charge in [-0.3, -0.25) is 0 Å². The van der Waals surface area contributed by atoms with Crippen LogP contribution in [-0.4, -0.2) is 77.3 Å². The first kappa shape index (κ1) is 42.4. The molecule has 0 spiro atoms. The Kier molecular flexibility index (Phi) is 9.93. The summed E-state index contributed by atoms with van der Waals surface area (Å²) < 4.78 is 28.1. The van der Waals surface area contributed by atoms with Gasteiger partial charge in [-0.2, -0.15) is 0 Å². The van der Waals surface area contributed by atoms with E-state index in [1.54, 1.807) is 48.5 Å². The highest BCUT2D eigenvalue weighted by Crippen LogP contribution is 2.79. The highest BCUT2D eigenvalue weighted by molar-refractivity contribution is 5.87. The van der Waals surface area contributed by atoms with Crippen molar-refractivity contribution in [1.82, 2.24) is 0 Å². The fourth-order valence-electron chi connectivity index (χ4n) is 9.46. The molecule has 0 radical (unpaired) electrons. The third-order valence-electron chi connectivity index (χ3n) is 14.5. The zero-order chi connectivity index (χ0) is 38.7. The second-order valence-corrected chi connectivity index (χ2v) is 21.3. The molecule has 286 valence electrons. The van der Waals surface area contributed by atoms with E-state index in [0.29, 0.717) is 44.1 Å². The molecule has 0 atom stereocenters. The van der Waals surface area contributed by atoms with Crippen LogP contribution in [0.5, 0.6) is 0 Å². The van der Waals surface area contributed by atoms with Crippen LogP contribution in [0.2, 0.25) is 0 Å². The smallest absolute Gasteiger partial charge is 0.333 e. The van der Waals surface area contributed by atoms with Crippen molar-refractivity contribution < 1.29 is 39.1 Å². The van der Waals surface area contributed by atoms with Crippen molar-refractivity contribution in [3.63, 3.8) is 0 Å². The largest absolute Gasteiger partial charge is 0.456 e. The lowest BCUT2D eigenvalue weighted by atomic mass is 9.31. The molecule has 4 fully saturated rings. The summed E-state index contributed by atoms with van der Waals surface area (Å²) >= 11 is 0. The normalized spacial score (nSPS) is 30.5. The average molecular weight is 695 g/mol. The third kappa shape index (κ3) is 7.06. The third-order valence-corrected chi connectivity index (χ3v) is 14.5. The first-order valence-corrected chi connectivity index (χ1v) is 18.4. The minimum absolute atomic E-state index is 0.337. The maximum Gasteiger partial charge on any atom is 0.333 e. The lowest BCUT2D eigenvalue weighted by Crippen LogP contribution is -2.77. The van der Waals surface area contributed by atoms with Gasteiger partial charge in [0.05, 0.1) is 50.4 Å². The van der Waals surface area contributed by atoms with Crippen LogP contribution in [0.4, 0.5) is 0 Å². The zero-order valence-electron chi connectivity index (χ0n) is 34.8. The number of carbonyl (C=O) groups excluding carboxylic acids is 1. The lowest BCUT2D eigenvalue weighted by Gasteiger charge is -2.77. The van der Waals surface area contributed by atoms with Gasteiger partial charge < -0.3 is 34.3 Å². The van der Waals surface area contributed by atoms with E-state index in [4.69, 9.17) is 18.9 Å². The second-order valence-electron chi connectivity index (χ2n) is 21.3. The van der Waals surface area contributed by atoms with E-state index < -0.39 is 78.2 Å². The predicted octanol–water partition coefficient (Wildman–Crippen LogP) is 8.22. The van der Waals surface area contributed by atoms with E-state index in [1.165, 1.54) is 0 Å². The topological polar surface area (TPSA) is 115 Å². The Hall–Kier alpha value is -1.03. The molecule has 49 heavy (non-hydrogen) atoms. The molecule has 0 amide bonds. The van der Waals surface area contributed by atoms with Crippen LogP contribution in [0.1, 0.15) is 170 Å². The van der Waals surface area contributed by atoms with Gasteiger partial charge in [0, 0.05) is 21.8 Å². The van der Waals surface area contributed by atoms with Crippen molar-refractivity contribution in [3.8, 4) is 0 Å². The maximum absolute atomic E-state index is 13.7. The number of rotatable bonds is 14. The summed E-state index contributed by atoms with van der Waals surface area (Å²) in [6.07, 6.45) is 3.82. The van der Waals surface area contributed by atoms with Crippen molar-refractivity contribution in [2.75, 3.05) is 0 Å². The van der Waals surface area contributed by atoms with Gasteiger partial charge in [0.25, 0.3) is 0 Å². The number of hydrogen-bond donors (Lipinski definition) is 3. The lowest BCUT2D eigenvalue weighted by molar-refractivity contribution is -0.373. The van der Waals surface area contributed by atoms with Crippen molar-refractivity contribution in [2.45, 2.75) is 226 Å². The molecule has 4 aliphatic rings. The molecule has 4 saturated carbocycles. The zero-order valence-corrected chi connectivity index (χ0v) is 34.8. The minimum atomic E-state index is -1.15. The van der Waals surface area contributed by atoms with Gasteiger partial charge in [0.2, 0.25) is 0 Å². The van der Waals surface area contributed by atoms with Gasteiger partial charge in [-0.15, -0.1) is 0 Å². The quantitative estimate of drug-likeness (QED) is 0.123. The highest BCUT2D eigenvalue weighted by atomic mass is 16.6. The van der Waals surface area contributed by atoms with Crippen molar-refractivity contribution in [2.24, 2.45) is 16.2 Å². The molecule has 0 aromatic carbocycles. The minimum Gasteiger partial charge on any atom is -0.456 e. The molecular weight excluding hydrogens is 620 g/mol. The molecule has 3 N–H and O–H groups in total. The van der Waals surface area contributed by atoms with Crippen molar-refractivity contribution in [3.05, 3.63) is 12.2 Å². The summed E-state index contributed by atoms with van der Waals surface area (Å²) in [7, 11) is 0. The highest BCUT2D eigenvalue weighted by Gasteiger charge is 2.78. The Labute approximate surface area is 299 Å². The Morgan fingerprint density at radius 1 is 0.490 bits per heavy atom. The van der Waals surface area contributed by atoms with Crippen molar-refractivity contribution >= 4 is 5.97 Å². The van der Waals surface area contributed by atoms with E-state index >= 15 is 0 Å². The SMILES string of the molecule is C=C(C)C(=O)OC12CC3(C(C)(C)OC(C)(C)C(C)(C)O)CC(C(C)(C)OC(C)(C)C(C)(C)O)(C1)CC(C(C)(C)OC(C)(C)C(C)(C)O)(C2)C3. The summed E-state index contributed by atoms with van der Waals surface area (Å²) in [5, 5.41) is 33.9. The summed E-state index contributed by atoms with van der Waals surface area (Å²) in [6, 6.07) is 0. The Morgan fingerprint density at radius 3 is 0.898 bits per heavy atom. The van der Waals surface area contributed by atoms with Crippen LogP contribution in [0, 0.1) is 16.2 Å². The van der Waals surface area contributed by atoms with Crippen LogP contribution in [0.15, 0.2) is 12.2 Å². The molecule has 0 aliphatic heterocycles. The van der Waals surface area contributed by atoms with Crippen molar-refractivity contribution in [1.29, 1.82) is 0 Å². The first-order chi connectivity index (χ1) is 21.2. The first-order valence-electron chi connectivity index (χ1n) is 18.4. The van der Waals surface area contributed by atoms with E-state index in [9.17, 15) is 20.1 Å². The molecule has 0 saturated heterocycles. The monoisotopic (exact) mass is 695 g/mol. The van der Waals surface area contributed by atoms with Crippen LogP contribution < -0.4 is 0 Å². The maximum atomic E-state index is 13.7. The molecule has 8 nitrogen and oxygen atoms in total. The summed E-state index contributed by atoms with van der Waals surface area (Å²) in [6.45, 7) is 40.5. The Bertz CT molecular complexity index is 1150. The van der Waals surface area contributed by atoms with Crippen LogP contribution >= 0.6 is 0 Å². The van der Waals surface area contributed by atoms with Gasteiger partial charge in [0.1, 0.15) is 5.60 Å². The van der Waals surface area contributed by atoms with Crippen LogP contribution in [0.25, 0.3) is 0 Å². The van der Waals surface area contributed by atoms with E-state index in [2.05, 4.69) is 48.1 Å². The summed E-state index contributed by atoms with van der Waals surface area (Å²) in [4.78, 5) is 13.7. The van der Waals surface area contributed by atoms with Gasteiger partial charge in [-0.25, -0.2) is 4.79 Å². The Balaban J connectivity index is 2.44. The fourth-order valence-corrected chi connectivity index (χ4v) is 9.46. The number of aliphatic hydroxyl groups is 3. The number of hydrogen-bond acceptors (Lipinski definition) is 8. The van der Waals surface area contributed by atoms with Gasteiger partial charge in [-0.05, 0) is 170 Å². The molecule has 0 aromatic heterocycles. The predicted molar refractivity (Wildman–Crippen MR) is 195 cm³/mol.